The van der Waals surface area contributed by atoms with Crippen LogP contribution in [0.3, 0.4) is 0 Å². The van der Waals surface area contributed by atoms with Crippen molar-refractivity contribution in [1.29, 1.82) is 0 Å². The predicted octanol–water partition coefficient (Wildman–Crippen LogP) is 3.93. The first-order valence-electron chi connectivity index (χ1n) is 8.10. The van der Waals surface area contributed by atoms with Crippen LogP contribution in [0.4, 0.5) is 0 Å². The Morgan fingerprint density at radius 2 is 1.88 bits per heavy atom. The summed E-state index contributed by atoms with van der Waals surface area (Å²) in [6, 6.07) is 15.8. The summed E-state index contributed by atoms with van der Waals surface area (Å²) in [5, 5.41) is 4.30. The van der Waals surface area contributed by atoms with Crippen molar-refractivity contribution in [2.75, 3.05) is 13.1 Å². The Labute approximate surface area is 152 Å². The Balaban J connectivity index is 1.48. The van der Waals surface area contributed by atoms with E-state index in [9.17, 15) is 4.79 Å². The molecular weight excluding hydrogens is 343 g/mol. The summed E-state index contributed by atoms with van der Waals surface area (Å²) in [6.45, 7) is 2.65. The van der Waals surface area contributed by atoms with Crippen molar-refractivity contribution in [3.05, 3.63) is 69.7 Å². The number of nitrogens with one attached hydrogen (secondary N) is 1. The topological polar surface area (TPSA) is 32.3 Å². The second-order valence-corrected chi connectivity index (χ2v) is 7.01. The maximum absolute atomic E-state index is 12.2. The third kappa shape index (κ3) is 4.73. The molecule has 0 saturated carbocycles. The van der Waals surface area contributed by atoms with Gasteiger partial charge in [0.2, 0.25) is 5.91 Å². The molecule has 1 aliphatic rings. The third-order valence-electron chi connectivity index (χ3n) is 4.24. The number of hydrogen-bond donors (Lipinski definition) is 1. The molecule has 2 aromatic carbocycles. The van der Waals surface area contributed by atoms with Gasteiger partial charge in [0, 0.05) is 25.7 Å². The lowest BCUT2D eigenvalue weighted by molar-refractivity contribution is -0.121. The van der Waals surface area contributed by atoms with Gasteiger partial charge in [-0.15, -0.1) is 0 Å². The highest BCUT2D eigenvalue weighted by Crippen LogP contribution is 2.24. The fourth-order valence-corrected chi connectivity index (χ4v) is 3.37. The van der Waals surface area contributed by atoms with E-state index in [4.69, 9.17) is 23.2 Å². The minimum absolute atomic E-state index is 0.0857. The van der Waals surface area contributed by atoms with Gasteiger partial charge in [-0.05, 0) is 29.7 Å². The molecular formula is C19H20Cl2N2O. The van der Waals surface area contributed by atoms with Gasteiger partial charge in [-0.25, -0.2) is 0 Å². The Hall–Kier alpha value is -1.55. The van der Waals surface area contributed by atoms with Gasteiger partial charge < -0.3 is 5.32 Å². The first kappa shape index (κ1) is 17.3. The van der Waals surface area contributed by atoms with E-state index in [1.807, 2.05) is 48.5 Å². The van der Waals surface area contributed by atoms with Crippen LogP contribution < -0.4 is 5.32 Å². The lowest BCUT2D eigenvalue weighted by Gasteiger charge is -2.17. The van der Waals surface area contributed by atoms with E-state index < -0.39 is 0 Å². The number of hydrogen-bond acceptors (Lipinski definition) is 2. The molecule has 24 heavy (non-hydrogen) atoms. The number of likely N-dealkylation sites (tertiary alicyclic amines) is 1. The quantitative estimate of drug-likeness (QED) is 0.873. The zero-order valence-corrected chi connectivity index (χ0v) is 14.9. The standard InChI is InChI=1S/C19H20Cl2N2O/c20-17-7-6-15(10-18(17)21)12-23-9-8-16(13-23)22-19(24)11-14-4-2-1-3-5-14/h1-7,10,16H,8-9,11-13H2,(H,22,24). The van der Waals surface area contributed by atoms with Crippen molar-refractivity contribution >= 4 is 29.1 Å². The minimum atomic E-state index is 0.0857. The number of halogens is 2. The van der Waals surface area contributed by atoms with E-state index in [-0.39, 0.29) is 11.9 Å². The van der Waals surface area contributed by atoms with E-state index in [1.54, 1.807) is 0 Å². The largest absolute Gasteiger partial charge is 0.352 e. The molecule has 5 heteroatoms. The van der Waals surface area contributed by atoms with Gasteiger partial charge in [0.25, 0.3) is 0 Å². The van der Waals surface area contributed by atoms with E-state index >= 15 is 0 Å². The highest BCUT2D eigenvalue weighted by Gasteiger charge is 2.23. The Morgan fingerprint density at radius 1 is 1.08 bits per heavy atom. The number of carbonyl (C=O) groups is 1. The molecule has 0 bridgehead atoms. The molecule has 1 fully saturated rings. The van der Waals surface area contributed by atoms with Crippen LogP contribution in [0.15, 0.2) is 48.5 Å². The number of carbonyl (C=O) groups excluding carboxylic acids is 1. The van der Waals surface area contributed by atoms with Crippen molar-refractivity contribution < 1.29 is 4.79 Å². The molecule has 0 spiro atoms. The molecule has 126 valence electrons. The van der Waals surface area contributed by atoms with Crippen LogP contribution in [-0.2, 0) is 17.8 Å². The van der Waals surface area contributed by atoms with Gasteiger partial charge in [0.05, 0.1) is 16.5 Å². The van der Waals surface area contributed by atoms with Gasteiger partial charge in [-0.3, -0.25) is 9.69 Å². The molecule has 1 N–H and O–H groups in total. The summed E-state index contributed by atoms with van der Waals surface area (Å²) < 4.78 is 0. The maximum atomic E-state index is 12.2. The maximum Gasteiger partial charge on any atom is 0.224 e. The molecule has 1 saturated heterocycles. The molecule has 0 aliphatic carbocycles. The first-order chi connectivity index (χ1) is 11.6. The summed E-state index contributed by atoms with van der Waals surface area (Å²) in [5.74, 6) is 0.0857. The highest BCUT2D eigenvalue weighted by molar-refractivity contribution is 6.42. The van der Waals surface area contributed by atoms with Crippen LogP contribution in [-0.4, -0.2) is 29.9 Å². The average molecular weight is 363 g/mol. The SMILES string of the molecule is O=C(Cc1ccccc1)NC1CCN(Cc2ccc(Cl)c(Cl)c2)C1. The molecule has 1 atom stereocenters. The van der Waals surface area contributed by atoms with E-state index in [0.29, 0.717) is 16.5 Å². The van der Waals surface area contributed by atoms with Crippen molar-refractivity contribution in [1.82, 2.24) is 10.2 Å². The second-order valence-electron chi connectivity index (χ2n) is 6.20. The van der Waals surface area contributed by atoms with Gasteiger partial charge in [0.15, 0.2) is 0 Å². The molecule has 1 unspecified atom stereocenters. The normalized spacial score (nSPS) is 17.8. The number of benzene rings is 2. The van der Waals surface area contributed by atoms with Gasteiger partial charge in [-0.1, -0.05) is 59.6 Å². The van der Waals surface area contributed by atoms with Crippen LogP contribution in [0.5, 0.6) is 0 Å². The summed E-state index contributed by atoms with van der Waals surface area (Å²) in [7, 11) is 0. The van der Waals surface area contributed by atoms with E-state index in [1.165, 1.54) is 0 Å². The molecule has 3 rings (SSSR count). The summed E-state index contributed by atoms with van der Waals surface area (Å²) in [5.41, 5.74) is 2.18. The van der Waals surface area contributed by atoms with Crippen molar-refractivity contribution in [3.63, 3.8) is 0 Å². The minimum Gasteiger partial charge on any atom is -0.352 e. The molecule has 3 nitrogen and oxygen atoms in total. The molecule has 1 aliphatic heterocycles. The molecule has 1 amide bonds. The number of nitrogens with zero attached hydrogens (tertiary/aromatic N) is 1. The molecule has 0 aromatic heterocycles. The lowest BCUT2D eigenvalue weighted by Crippen LogP contribution is -2.37. The second kappa shape index (κ2) is 8.02. The van der Waals surface area contributed by atoms with Gasteiger partial charge in [0.1, 0.15) is 0 Å². The summed E-state index contributed by atoms with van der Waals surface area (Å²) >= 11 is 12.0. The predicted molar refractivity (Wildman–Crippen MR) is 98.4 cm³/mol. The van der Waals surface area contributed by atoms with Crippen LogP contribution >= 0.6 is 23.2 Å². The highest BCUT2D eigenvalue weighted by atomic mass is 35.5. The van der Waals surface area contributed by atoms with Crippen LogP contribution in [0, 0.1) is 0 Å². The number of rotatable bonds is 5. The zero-order valence-electron chi connectivity index (χ0n) is 13.3. The van der Waals surface area contributed by atoms with Crippen LogP contribution in [0.1, 0.15) is 17.5 Å². The molecule has 1 heterocycles. The first-order valence-corrected chi connectivity index (χ1v) is 8.85. The molecule has 2 aromatic rings. The Kier molecular flexibility index (Phi) is 5.77. The lowest BCUT2D eigenvalue weighted by atomic mass is 10.1. The smallest absolute Gasteiger partial charge is 0.224 e. The van der Waals surface area contributed by atoms with Gasteiger partial charge in [-0.2, -0.15) is 0 Å². The van der Waals surface area contributed by atoms with Gasteiger partial charge >= 0.3 is 0 Å². The van der Waals surface area contributed by atoms with Crippen LogP contribution in [0.25, 0.3) is 0 Å². The Bertz CT molecular complexity index is 706. The summed E-state index contributed by atoms with van der Waals surface area (Å²) in [6.07, 6.45) is 1.41. The van der Waals surface area contributed by atoms with Crippen molar-refractivity contribution in [2.24, 2.45) is 0 Å². The van der Waals surface area contributed by atoms with Crippen molar-refractivity contribution in [3.8, 4) is 0 Å². The third-order valence-corrected chi connectivity index (χ3v) is 4.97. The zero-order chi connectivity index (χ0) is 16.9. The molecule has 0 radical (unpaired) electrons. The monoisotopic (exact) mass is 362 g/mol. The summed E-state index contributed by atoms with van der Waals surface area (Å²) in [4.78, 5) is 14.5. The van der Waals surface area contributed by atoms with E-state index in [0.717, 1.165) is 37.2 Å². The van der Waals surface area contributed by atoms with E-state index in [2.05, 4.69) is 10.2 Å². The van der Waals surface area contributed by atoms with Crippen molar-refractivity contribution in [2.45, 2.75) is 25.4 Å². The fraction of sp³-hybridized carbons (Fsp3) is 0.316. The van der Waals surface area contributed by atoms with Crippen LogP contribution in [0.2, 0.25) is 10.0 Å². The fourth-order valence-electron chi connectivity index (χ4n) is 3.05. The Morgan fingerprint density at radius 3 is 2.62 bits per heavy atom. The average Bonchev–Trinajstić information content (AvgIpc) is 2.98. The number of amides is 1.